The first-order chi connectivity index (χ1) is 10.5. The van der Waals surface area contributed by atoms with Crippen LogP contribution in [0.15, 0.2) is 48.5 Å². The molecule has 0 heterocycles. The highest BCUT2D eigenvalue weighted by Crippen LogP contribution is 2.13. The van der Waals surface area contributed by atoms with Crippen LogP contribution in [-0.4, -0.2) is 17.9 Å². The molecule has 2 aromatic rings. The summed E-state index contributed by atoms with van der Waals surface area (Å²) in [6.45, 7) is 3.48. The molecule has 5 heteroatoms. The van der Waals surface area contributed by atoms with E-state index in [2.05, 4.69) is 10.6 Å². The Labute approximate surface area is 128 Å². The van der Waals surface area contributed by atoms with Crippen LogP contribution in [0.3, 0.4) is 0 Å². The van der Waals surface area contributed by atoms with Crippen molar-refractivity contribution < 1.29 is 14.0 Å². The van der Waals surface area contributed by atoms with Gasteiger partial charge < -0.3 is 10.6 Å². The fourth-order valence-electron chi connectivity index (χ4n) is 1.90. The van der Waals surface area contributed by atoms with Gasteiger partial charge in [-0.3, -0.25) is 9.59 Å². The quantitative estimate of drug-likeness (QED) is 0.912. The van der Waals surface area contributed by atoms with Gasteiger partial charge in [-0.25, -0.2) is 4.39 Å². The Balaban J connectivity index is 1.98. The number of amides is 2. The summed E-state index contributed by atoms with van der Waals surface area (Å²) in [4.78, 5) is 24.1. The zero-order valence-electron chi connectivity index (χ0n) is 12.4. The van der Waals surface area contributed by atoms with E-state index in [1.807, 2.05) is 25.1 Å². The Morgan fingerprint density at radius 3 is 2.32 bits per heavy atom. The van der Waals surface area contributed by atoms with Gasteiger partial charge in [0.2, 0.25) is 5.91 Å². The molecule has 4 nitrogen and oxygen atoms in total. The monoisotopic (exact) mass is 300 g/mol. The summed E-state index contributed by atoms with van der Waals surface area (Å²) in [5.74, 6) is -1.15. The second-order valence-corrected chi connectivity index (χ2v) is 5.01. The SMILES string of the molecule is Cc1ccccc1NC(=O)[C@@H](C)NC(=O)c1ccc(F)cc1. The van der Waals surface area contributed by atoms with Gasteiger partial charge in [0, 0.05) is 11.3 Å². The van der Waals surface area contributed by atoms with Gasteiger partial charge in [0.25, 0.3) is 5.91 Å². The van der Waals surface area contributed by atoms with Crippen molar-refractivity contribution in [1.29, 1.82) is 0 Å². The fourth-order valence-corrected chi connectivity index (χ4v) is 1.90. The Morgan fingerprint density at radius 2 is 1.68 bits per heavy atom. The fraction of sp³-hybridized carbons (Fsp3) is 0.176. The molecule has 2 rings (SSSR count). The molecule has 0 saturated heterocycles. The molecule has 2 aromatic carbocycles. The predicted octanol–water partition coefficient (Wildman–Crippen LogP) is 2.89. The van der Waals surface area contributed by atoms with Crippen molar-refractivity contribution in [3.8, 4) is 0 Å². The normalized spacial score (nSPS) is 11.6. The van der Waals surface area contributed by atoms with Crippen LogP contribution in [0, 0.1) is 12.7 Å². The predicted molar refractivity (Wildman–Crippen MR) is 83.1 cm³/mol. The van der Waals surface area contributed by atoms with E-state index in [4.69, 9.17) is 0 Å². The van der Waals surface area contributed by atoms with Crippen molar-refractivity contribution in [2.45, 2.75) is 19.9 Å². The van der Waals surface area contributed by atoms with E-state index in [1.165, 1.54) is 24.3 Å². The molecule has 0 unspecified atom stereocenters. The van der Waals surface area contributed by atoms with Gasteiger partial charge in [0.1, 0.15) is 11.9 Å². The number of rotatable bonds is 4. The molecule has 0 spiro atoms. The number of halogens is 1. The first-order valence-electron chi connectivity index (χ1n) is 6.90. The lowest BCUT2D eigenvalue weighted by Gasteiger charge is -2.15. The van der Waals surface area contributed by atoms with Crippen molar-refractivity contribution in [2.75, 3.05) is 5.32 Å². The number of anilines is 1. The summed E-state index contributed by atoms with van der Waals surface area (Å²) in [6, 6.07) is 11.8. The van der Waals surface area contributed by atoms with Gasteiger partial charge in [-0.1, -0.05) is 18.2 Å². The highest BCUT2D eigenvalue weighted by atomic mass is 19.1. The zero-order chi connectivity index (χ0) is 16.1. The van der Waals surface area contributed by atoms with E-state index in [0.717, 1.165) is 5.56 Å². The highest BCUT2D eigenvalue weighted by Gasteiger charge is 2.17. The Morgan fingerprint density at radius 1 is 1.05 bits per heavy atom. The summed E-state index contributed by atoms with van der Waals surface area (Å²) in [5.41, 5.74) is 1.94. The Hall–Kier alpha value is -2.69. The molecule has 114 valence electrons. The standard InChI is InChI=1S/C17H17FN2O2/c1-11-5-3-4-6-15(11)20-16(21)12(2)19-17(22)13-7-9-14(18)10-8-13/h3-10,12H,1-2H3,(H,19,22)(H,20,21)/t12-/m1/s1. The van der Waals surface area contributed by atoms with Gasteiger partial charge in [-0.05, 0) is 49.7 Å². The van der Waals surface area contributed by atoms with Crippen molar-refractivity contribution >= 4 is 17.5 Å². The third-order valence-electron chi connectivity index (χ3n) is 3.25. The minimum Gasteiger partial charge on any atom is -0.341 e. The number of carbonyl (C=O) groups is 2. The van der Waals surface area contributed by atoms with Crippen molar-refractivity contribution in [3.63, 3.8) is 0 Å². The molecule has 0 aliphatic rings. The molecule has 22 heavy (non-hydrogen) atoms. The van der Waals surface area contributed by atoms with Crippen LogP contribution < -0.4 is 10.6 Å². The lowest BCUT2D eigenvalue weighted by molar-refractivity contribution is -0.117. The maximum absolute atomic E-state index is 12.8. The number of benzene rings is 2. The molecule has 0 aliphatic carbocycles. The van der Waals surface area contributed by atoms with E-state index in [1.54, 1.807) is 13.0 Å². The molecule has 1 atom stereocenters. The smallest absolute Gasteiger partial charge is 0.251 e. The van der Waals surface area contributed by atoms with Gasteiger partial charge >= 0.3 is 0 Å². The molecule has 0 aromatic heterocycles. The van der Waals surface area contributed by atoms with Crippen LogP contribution in [0.25, 0.3) is 0 Å². The van der Waals surface area contributed by atoms with Crippen molar-refractivity contribution in [2.24, 2.45) is 0 Å². The largest absolute Gasteiger partial charge is 0.341 e. The van der Waals surface area contributed by atoms with Crippen molar-refractivity contribution in [3.05, 3.63) is 65.5 Å². The van der Waals surface area contributed by atoms with E-state index in [9.17, 15) is 14.0 Å². The van der Waals surface area contributed by atoms with E-state index in [0.29, 0.717) is 11.3 Å². The number of aryl methyl sites for hydroxylation is 1. The minimum atomic E-state index is -0.711. The molecular formula is C17H17FN2O2. The lowest BCUT2D eigenvalue weighted by atomic mass is 10.1. The molecule has 0 aliphatic heterocycles. The molecule has 2 N–H and O–H groups in total. The molecular weight excluding hydrogens is 283 g/mol. The molecule has 2 amide bonds. The second-order valence-electron chi connectivity index (χ2n) is 5.01. The average Bonchev–Trinajstić information content (AvgIpc) is 2.50. The van der Waals surface area contributed by atoms with Gasteiger partial charge in [-0.15, -0.1) is 0 Å². The summed E-state index contributed by atoms with van der Waals surface area (Å²) >= 11 is 0. The minimum absolute atomic E-state index is 0.303. The molecule has 0 bridgehead atoms. The number of hydrogen-bond acceptors (Lipinski definition) is 2. The lowest BCUT2D eigenvalue weighted by Crippen LogP contribution is -2.41. The van der Waals surface area contributed by atoms with E-state index in [-0.39, 0.29) is 5.91 Å². The maximum atomic E-state index is 12.8. The van der Waals surface area contributed by atoms with E-state index >= 15 is 0 Å². The Bertz CT molecular complexity index is 683. The summed E-state index contributed by atoms with van der Waals surface area (Å²) < 4.78 is 12.8. The van der Waals surface area contributed by atoms with Gasteiger partial charge in [0.15, 0.2) is 0 Å². The third-order valence-corrected chi connectivity index (χ3v) is 3.25. The van der Waals surface area contributed by atoms with Gasteiger partial charge in [0.05, 0.1) is 0 Å². The summed E-state index contributed by atoms with van der Waals surface area (Å²) in [7, 11) is 0. The highest BCUT2D eigenvalue weighted by molar-refractivity contribution is 6.01. The first-order valence-corrected chi connectivity index (χ1v) is 6.90. The molecule has 0 radical (unpaired) electrons. The van der Waals surface area contributed by atoms with Crippen LogP contribution in [-0.2, 0) is 4.79 Å². The van der Waals surface area contributed by atoms with Gasteiger partial charge in [-0.2, -0.15) is 0 Å². The zero-order valence-corrected chi connectivity index (χ0v) is 12.4. The Kier molecular flexibility index (Phi) is 4.88. The number of para-hydroxylation sites is 1. The molecule has 0 fully saturated rings. The second kappa shape index (κ2) is 6.85. The third kappa shape index (κ3) is 3.91. The van der Waals surface area contributed by atoms with Crippen LogP contribution in [0.5, 0.6) is 0 Å². The summed E-state index contributed by atoms with van der Waals surface area (Å²) in [6.07, 6.45) is 0. The van der Waals surface area contributed by atoms with Crippen LogP contribution >= 0.6 is 0 Å². The number of carbonyl (C=O) groups excluding carboxylic acids is 2. The van der Waals surface area contributed by atoms with Crippen LogP contribution in [0.1, 0.15) is 22.8 Å². The van der Waals surface area contributed by atoms with Crippen LogP contribution in [0.4, 0.5) is 10.1 Å². The maximum Gasteiger partial charge on any atom is 0.251 e. The van der Waals surface area contributed by atoms with Crippen LogP contribution in [0.2, 0.25) is 0 Å². The molecule has 0 saturated carbocycles. The average molecular weight is 300 g/mol. The van der Waals surface area contributed by atoms with Crippen molar-refractivity contribution in [1.82, 2.24) is 5.32 Å². The first kappa shape index (κ1) is 15.7. The summed E-state index contributed by atoms with van der Waals surface area (Å²) in [5, 5.41) is 5.34. The topological polar surface area (TPSA) is 58.2 Å². The number of hydrogen-bond donors (Lipinski definition) is 2. The van der Waals surface area contributed by atoms with E-state index < -0.39 is 17.8 Å². The number of nitrogens with one attached hydrogen (secondary N) is 2.